The molecule has 1 aromatic heterocycles. The van der Waals surface area contributed by atoms with Gasteiger partial charge in [-0.05, 0) is 146 Å². The highest BCUT2D eigenvalue weighted by Gasteiger charge is 2.53. The number of fused-ring (bicyclic) bond motifs is 11. The van der Waals surface area contributed by atoms with Crippen molar-refractivity contribution < 1.29 is 19.2 Å². The summed E-state index contributed by atoms with van der Waals surface area (Å²) >= 11 is 67.0. The van der Waals surface area contributed by atoms with Gasteiger partial charge in [0.25, 0.3) is 0 Å². The van der Waals surface area contributed by atoms with Crippen molar-refractivity contribution >= 4 is 194 Å². The van der Waals surface area contributed by atoms with Crippen LogP contribution in [-0.2, 0) is 17.3 Å². The standard InChI is InChI=1S/C73H48Cl10N4O4/c1-34-28-37(29-35(2)66(34)86-49-19-15-39-32-84-85-33-45(39)57(49)72(24-8-3-9-25-72)50(86)20-16-43-68(88)52-53(69(43)89)59(77)63(81)62(80)58(52)76)30-36-22-26-73(27-23-36)51(21-17-44-70(90)54-55(71(44)91)61(79)65(83)64(82)60(54)78)87(48-18-14-38-10-4-5-11-40(38)56(48)73)67-42-13-7-6-12-41(42)46(74)31-47(67)75/h4-7,10-21,28-29,31-33,36H,3,8-9,22-27,30H2,1-2H3/b50-20-,51-21-. The molecule has 8 aromatic carbocycles. The van der Waals surface area contributed by atoms with Gasteiger partial charge in [-0.3, -0.25) is 19.2 Å². The molecule has 2 saturated carbocycles. The Bertz CT molecular complexity index is 4870. The van der Waals surface area contributed by atoms with Gasteiger partial charge in [0.05, 0.1) is 119 Å². The molecule has 2 spiro atoms. The second-order valence-corrected chi connectivity index (χ2v) is 28.4. The summed E-state index contributed by atoms with van der Waals surface area (Å²) in [5.41, 5.74) is 9.34. The second kappa shape index (κ2) is 22.8. The van der Waals surface area contributed by atoms with Crippen molar-refractivity contribution in [1.29, 1.82) is 0 Å². The first-order chi connectivity index (χ1) is 43.8. The monoisotopic (exact) mass is 1390 g/mol. The maximum Gasteiger partial charge on any atom is 0.199 e. The first kappa shape index (κ1) is 61.0. The summed E-state index contributed by atoms with van der Waals surface area (Å²) in [7, 11) is 0. The normalized spacial score (nSPS) is 20.0. The van der Waals surface area contributed by atoms with Gasteiger partial charge >= 0.3 is 0 Å². The molecule has 91 heavy (non-hydrogen) atoms. The van der Waals surface area contributed by atoms with Crippen LogP contribution in [0.5, 0.6) is 0 Å². The highest BCUT2D eigenvalue weighted by molar-refractivity contribution is 6.59. The molecule has 18 heteroatoms. The molecule has 8 nitrogen and oxygen atoms in total. The highest BCUT2D eigenvalue weighted by Crippen LogP contribution is 2.64. The fourth-order valence-electron chi connectivity index (χ4n) is 16.0. The molecule has 0 radical (unpaired) electrons. The molecule has 454 valence electrons. The van der Waals surface area contributed by atoms with Gasteiger partial charge in [-0.2, -0.15) is 10.2 Å². The Kier molecular flexibility index (Phi) is 15.2. The van der Waals surface area contributed by atoms with E-state index in [1.165, 1.54) is 5.56 Å². The molecule has 15 rings (SSSR count). The van der Waals surface area contributed by atoms with Crippen LogP contribution in [0.3, 0.4) is 0 Å². The quantitative estimate of drug-likeness (QED) is 0.0702. The number of Topliss-reactive ketones (excluding diaryl/α,β-unsaturated/α-hetero) is 4. The van der Waals surface area contributed by atoms with E-state index in [4.69, 9.17) is 116 Å². The van der Waals surface area contributed by atoms with Gasteiger partial charge in [0.2, 0.25) is 0 Å². The summed E-state index contributed by atoms with van der Waals surface area (Å²) in [6.07, 6.45) is 19.2. The van der Waals surface area contributed by atoms with Crippen LogP contribution in [-0.4, -0.2) is 33.3 Å². The number of hydrogen-bond acceptors (Lipinski definition) is 8. The molecule has 0 saturated heterocycles. The number of carbonyl (C=O) groups is 4. The Balaban J connectivity index is 0.831. The number of ketones is 4. The minimum absolute atomic E-state index is 0.0550. The SMILES string of the molecule is Cc1cc(CC2CCC3(CC2)/C(=C/C=C2C(=O)c4c(Cl)c(Cl)c(Cl)c(Cl)c4C2=O)N(c2c(Cl)cc(Cl)c4ccccc24)c2ccc4ccccc4c23)cc(C)c1N1/C(=C\C=C2C(=O)c3c(Cl)c(Cl)c(Cl)c(Cl)c3C2=O)C2(CCCCC2)c2c1ccc1cnncc21. The largest absolute Gasteiger partial charge is 0.312 e. The number of aryl methyl sites for hydroxylation is 2. The average Bonchev–Trinajstić information content (AvgIpc) is 1.56. The molecule has 6 aliphatic rings. The van der Waals surface area contributed by atoms with Gasteiger partial charge < -0.3 is 9.80 Å². The van der Waals surface area contributed by atoms with E-state index in [0.717, 1.165) is 134 Å². The van der Waals surface area contributed by atoms with Gasteiger partial charge in [-0.25, -0.2) is 0 Å². The maximum absolute atomic E-state index is 14.5. The minimum Gasteiger partial charge on any atom is -0.312 e. The van der Waals surface area contributed by atoms with Gasteiger partial charge in [0.1, 0.15) is 0 Å². The van der Waals surface area contributed by atoms with Crippen LogP contribution in [0.4, 0.5) is 22.7 Å². The molecule has 0 N–H and O–H groups in total. The number of aromatic nitrogens is 2. The second-order valence-electron chi connectivity index (χ2n) is 24.6. The van der Waals surface area contributed by atoms with Crippen molar-refractivity contribution in [3.8, 4) is 0 Å². The number of carbonyl (C=O) groups excluding carboxylic acids is 4. The fourth-order valence-corrected chi connectivity index (χ4v) is 18.7. The summed E-state index contributed by atoms with van der Waals surface area (Å²) < 4.78 is 0. The molecule has 0 bridgehead atoms. The van der Waals surface area contributed by atoms with Crippen molar-refractivity contribution in [1.82, 2.24) is 10.2 Å². The average molecular weight is 1400 g/mol. The van der Waals surface area contributed by atoms with Gasteiger partial charge in [-0.15, -0.1) is 0 Å². The van der Waals surface area contributed by atoms with Crippen LogP contribution in [0.15, 0.2) is 150 Å². The molecule has 9 aromatic rings. The minimum atomic E-state index is -0.663. The van der Waals surface area contributed by atoms with Crippen LogP contribution in [0.1, 0.15) is 127 Å². The van der Waals surface area contributed by atoms with Crippen LogP contribution in [0.25, 0.3) is 32.3 Å². The van der Waals surface area contributed by atoms with Crippen LogP contribution in [0.2, 0.25) is 50.2 Å². The van der Waals surface area contributed by atoms with Crippen molar-refractivity contribution in [3.05, 3.63) is 251 Å². The predicted octanol–water partition coefficient (Wildman–Crippen LogP) is 23.0. The zero-order chi connectivity index (χ0) is 63.4. The number of anilines is 4. The van der Waals surface area contributed by atoms with Crippen molar-refractivity contribution in [2.45, 2.75) is 88.9 Å². The topological polar surface area (TPSA) is 101 Å². The van der Waals surface area contributed by atoms with E-state index in [-0.39, 0.29) is 79.5 Å². The molecule has 0 amide bonds. The van der Waals surface area contributed by atoms with Gasteiger partial charge in [0.15, 0.2) is 23.1 Å². The maximum atomic E-state index is 14.5. The summed E-state index contributed by atoms with van der Waals surface area (Å²) in [4.78, 5) is 62.2. The van der Waals surface area contributed by atoms with Crippen LogP contribution >= 0.6 is 116 Å². The van der Waals surface area contributed by atoms with E-state index in [2.05, 4.69) is 88.4 Å². The Hall–Kier alpha value is -6.24. The van der Waals surface area contributed by atoms with E-state index >= 15 is 0 Å². The summed E-state index contributed by atoms with van der Waals surface area (Å²) in [6.45, 7) is 4.31. The fraction of sp³-hybridized carbons (Fsp3) is 0.205. The van der Waals surface area contributed by atoms with Crippen molar-refractivity contribution in [3.63, 3.8) is 0 Å². The lowest BCUT2D eigenvalue weighted by Crippen LogP contribution is -2.35. The van der Waals surface area contributed by atoms with E-state index < -0.39 is 34.0 Å². The number of benzene rings is 8. The molecule has 4 aliphatic carbocycles. The number of allylic oxidation sites excluding steroid dienone is 8. The lowest BCUT2D eigenvalue weighted by atomic mass is 9.64. The van der Waals surface area contributed by atoms with Gasteiger partial charge in [-0.1, -0.05) is 208 Å². The van der Waals surface area contributed by atoms with Crippen molar-refractivity contribution in [2.24, 2.45) is 5.92 Å². The molecule has 0 unspecified atom stereocenters. The molecule has 2 fully saturated rings. The lowest BCUT2D eigenvalue weighted by Gasteiger charge is -2.40. The summed E-state index contributed by atoms with van der Waals surface area (Å²) in [5, 5.41) is 14.5. The molecular weight excluding hydrogens is 1350 g/mol. The zero-order valence-corrected chi connectivity index (χ0v) is 56.0. The Morgan fingerprint density at radius 3 is 1.44 bits per heavy atom. The van der Waals surface area contributed by atoms with E-state index in [0.29, 0.717) is 28.6 Å². The third kappa shape index (κ3) is 9.05. The number of hydrogen-bond donors (Lipinski definition) is 0. The molecule has 0 atom stereocenters. The number of nitrogens with zero attached hydrogens (tertiary/aromatic N) is 4. The van der Waals surface area contributed by atoms with E-state index in [9.17, 15) is 19.2 Å². The predicted molar refractivity (Wildman–Crippen MR) is 372 cm³/mol. The Morgan fingerprint density at radius 1 is 0.451 bits per heavy atom. The van der Waals surface area contributed by atoms with E-state index in [1.54, 1.807) is 24.4 Å². The summed E-state index contributed by atoms with van der Waals surface area (Å²) in [6, 6.07) is 31.2. The highest BCUT2D eigenvalue weighted by atomic mass is 35.5. The Morgan fingerprint density at radius 2 is 0.901 bits per heavy atom. The van der Waals surface area contributed by atoms with Crippen molar-refractivity contribution in [2.75, 3.05) is 9.80 Å². The first-order valence-corrected chi connectivity index (χ1v) is 33.6. The first-order valence-electron chi connectivity index (χ1n) is 29.9. The number of halogens is 10. The third-order valence-electron chi connectivity index (χ3n) is 19.9. The Labute approximate surface area is 573 Å². The zero-order valence-electron chi connectivity index (χ0n) is 48.5. The lowest BCUT2D eigenvalue weighted by molar-refractivity contribution is 0.0973. The van der Waals surface area contributed by atoms with Crippen LogP contribution in [0, 0.1) is 19.8 Å². The van der Waals surface area contributed by atoms with Crippen LogP contribution < -0.4 is 9.80 Å². The van der Waals surface area contributed by atoms with E-state index in [1.807, 2.05) is 48.7 Å². The number of rotatable bonds is 6. The smallest absolute Gasteiger partial charge is 0.199 e. The molecular formula is C73H48Cl10N4O4. The molecule has 2 aliphatic heterocycles. The third-order valence-corrected chi connectivity index (χ3v) is 24.1. The molecule has 3 heterocycles. The van der Waals surface area contributed by atoms with Gasteiger partial charge in [0, 0.05) is 43.8 Å². The summed E-state index contributed by atoms with van der Waals surface area (Å²) in [5.74, 6) is -2.11.